The predicted octanol–water partition coefficient (Wildman–Crippen LogP) is 3.62. The summed E-state index contributed by atoms with van der Waals surface area (Å²) < 4.78 is 53.1. The van der Waals surface area contributed by atoms with Gasteiger partial charge in [0.1, 0.15) is 16.6 Å². The van der Waals surface area contributed by atoms with Crippen LogP contribution in [0.15, 0.2) is 30.3 Å². The van der Waals surface area contributed by atoms with Gasteiger partial charge in [0.25, 0.3) is 0 Å². The number of halogens is 4. The summed E-state index contributed by atoms with van der Waals surface area (Å²) in [4.78, 5) is -0.242. The van der Waals surface area contributed by atoms with Crippen LogP contribution in [0.5, 0.6) is 0 Å². The van der Waals surface area contributed by atoms with Gasteiger partial charge in [0.05, 0.1) is 16.9 Å². The second-order valence-electron chi connectivity index (χ2n) is 3.90. The van der Waals surface area contributed by atoms with E-state index in [1.807, 2.05) is 0 Å². The summed E-state index contributed by atoms with van der Waals surface area (Å²) >= 11 is 4.70. The Balaban J connectivity index is 2.48. The zero-order valence-corrected chi connectivity index (χ0v) is 10.7. The van der Waals surface area contributed by atoms with E-state index in [2.05, 4.69) is 5.32 Å². The van der Waals surface area contributed by atoms with Crippen molar-refractivity contribution < 1.29 is 17.6 Å². The Kier molecular flexibility index (Phi) is 3.89. The van der Waals surface area contributed by atoms with E-state index >= 15 is 0 Å². The predicted molar refractivity (Wildman–Crippen MR) is 71.9 cm³/mol. The standard InChI is InChI=1S/C13H8F4N2S/c14-6-2-1-3-10(12(6)13(18)20)19-11-5-8(16)7(15)4-9(11)17/h1-5,19H,(H2,18,20). The largest absolute Gasteiger partial charge is 0.389 e. The van der Waals surface area contributed by atoms with Gasteiger partial charge in [-0.05, 0) is 12.1 Å². The molecule has 0 fully saturated rings. The van der Waals surface area contributed by atoms with Crippen LogP contribution in [-0.2, 0) is 0 Å². The minimum atomic E-state index is -1.32. The van der Waals surface area contributed by atoms with Crippen molar-refractivity contribution in [2.24, 2.45) is 5.73 Å². The van der Waals surface area contributed by atoms with Crippen LogP contribution in [0.3, 0.4) is 0 Å². The Morgan fingerprint density at radius 2 is 1.55 bits per heavy atom. The van der Waals surface area contributed by atoms with Gasteiger partial charge in [0.2, 0.25) is 0 Å². The van der Waals surface area contributed by atoms with Crippen molar-refractivity contribution in [1.82, 2.24) is 0 Å². The van der Waals surface area contributed by atoms with E-state index in [1.165, 1.54) is 12.1 Å². The molecule has 0 aliphatic heterocycles. The molecule has 2 rings (SSSR count). The third kappa shape index (κ3) is 2.72. The number of anilines is 2. The fraction of sp³-hybridized carbons (Fsp3) is 0. The molecule has 0 saturated carbocycles. The van der Waals surface area contributed by atoms with E-state index in [-0.39, 0.29) is 21.9 Å². The molecule has 3 N–H and O–H groups in total. The van der Waals surface area contributed by atoms with Gasteiger partial charge < -0.3 is 11.1 Å². The minimum absolute atomic E-state index is 0.0578. The first-order valence-corrected chi connectivity index (χ1v) is 5.81. The highest BCUT2D eigenvalue weighted by Gasteiger charge is 2.14. The van der Waals surface area contributed by atoms with Crippen molar-refractivity contribution in [3.8, 4) is 0 Å². The molecule has 0 aromatic heterocycles. The zero-order valence-electron chi connectivity index (χ0n) is 9.88. The lowest BCUT2D eigenvalue weighted by Crippen LogP contribution is -2.14. The molecular formula is C13H8F4N2S. The molecule has 0 unspecified atom stereocenters. The molecule has 0 aliphatic carbocycles. The van der Waals surface area contributed by atoms with Crippen molar-refractivity contribution in [3.63, 3.8) is 0 Å². The summed E-state index contributed by atoms with van der Waals surface area (Å²) in [5.74, 6) is -4.28. The van der Waals surface area contributed by atoms with Gasteiger partial charge in [-0.1, -0.05) is 18.3 Å². The van der Waals surface area contributed by atoms with Gasteiger partial charge in [-0.15, -0.1) is 0 Å². The van der Waals surface area contributed by atoms with Crippen LogP contribution < -0.4 is 11.1 Å². The maximum Gasteiger partial charge on any atom is 0.161 e. The lowest BCUT2D eigenvalue weighted by atomic mass is 10.1. The Labute approximate surface area is 117 Å². The van der Waals surface area contributed by atoms with Gasteiger partial charge >= 0.3 is 0 Å². The van der Waals surface area contributed by atoms with E-state index in [1.54, 1.807) is 0 Å². The molecule has 7 heteroatoms. The maximum absolute atomic E-state index is 13.6. The molecule has 0 aliphatic rings. The number of benzene rings is 2. The van der Waals surface area contributed by atoms with Crippen LogP contribution >= 0.6 is 12.2 Å². The summed E-state index contributed by atoms with van der Waals surface area (Å²) in [6, 6.07) is 4.87. The summed E-state index contributed by atoms with van der Waals surface area (Å²) in [7, 11) is 0. The van der Waals surface area contributed by atoms with Crippen molar-refractivity contribution >= 4 is 28.6 Å². The van der Waals surface area contributed by atoms with E-state index in [0.29, 0.717) is 12.1 Å². The third-order valence-electron chi connectivity index (χ3n) is 2.54. The molecule has 104 valence electrons. The summed E-state index contributed by atoms with van der Waals surface area (Å²) in [5, 5.41) is 2.44. The summed E-state index contributed by atoms with van der Waals surface area (Å²) in [6.45, 7) is 0. The minimum Gasteiger partial charge on any atom is -0.389 e. The molecule has 0 radical (unpaired) electrons. The van der Waals surface area contributed by atoms with E-state index in [4.69, 9.17) is 18.0 Å². The monoisotopic (exact) mass is 300 g/mol. The first-order chi connectivity index (χ1) is 9.40. The van der Waals surface area contributed by atoms with E-state index in [9.17, 15) is 17.6 Å². The van der Waals surface area contributed by atoms with Crippen molar-refractivity contribution in [1.29, 1.82) is 0 Å². The average molecular weight is 300 g/mol. The Bertz CT molecular complexity index is 688. The molecule has 0 spiro atoms. The number of nitrogens with one attached hydrogen (secondary N) is 1. The van der Waals surface area contributed by atoms with Crippen LogP contribution in [0.4, 0.5) is 28.9 Å². The highest BCUT2D eigenvalue weighted by Crippen LogP contribution is 2.26. The lowest BCUT2D eigenvalue weighted by molar-refractivity contribution is 0.496. The summed E-state index contributed by atoms with van der Waals surface area (Å²) in [5.41, 5.74) is 4.96. The molecule has 2 aromatic carbocycles. The SMILES string of the molecule is NC(=S)c1c(F)cccc1Nc1cc(F)c(F)cc1F. The number of nitrogens with two attached hydrogens (primary N) is 1. The second kappa shape index (κ2) is 5.46. The first kappa shape index (κ1) is 14.3. The molecule has 0 saturated heterocycles. The van der Waals surface area contributed by atoms with Gasteiger partial charge in [0.15, 0.2) is 11.6 Å². The topological polar surface area (TPSA) is 38.0 Å². The number of hydrogen-bond acceptors (Lipinski definition) is 2. The molecule has 0 atom stereocenters. The lowest BCUT2D eigenvalue weighted by Gasteiger charge is -2.12. The van der Waals surface area contributed by atoms with Crippen molar-refractivity contribution in [3.05, 3.63) is 59.2 Å². The van der Waals surface area contributed by atoms with Crippen LogP contribution in [0.25, 0.3) is 0 Å². The molecule has 0 bridgehead atoms. The fourth-order valence-electron chi connectivity index (χ4n) is 1.64. The quantitative estimate of drug-likeness (QED) is 0.516. The summed E-state index contributed by atoms with van der Waals surface area (Å²) in [6.07, 6.45) is 0. The van der Waals surface area contributed by atoms with Crippen molar-refractivity contribution in [2.45, 2.75) is 0 Å². The van der Waals surface area contributed by atoms with Gasteiger partial charge in [0, 0.05) is 12.1 Å². The van der Waals surface area contributed by atoms with Crippen LogP contribution in [0.2, 0.25) is 0 Å². The number of rotatable bonds is 3. The highest BCUT2D eigenvalue weighted by atomic mass is 32.1. The molecule has 2 nitrogen and oxygen atoms in total. The maximum atomic E-state index is 13.6. The zero-order chi connectivity index (χ0) is 14.9. The second-order valence-corrected chi connectivity index (χ2v) is 4.34. The van der Waals surface area contributed by atoms with Crippen LogP contribution in [-0.4, -0.2) is 4.99 Å². The first-order valence-electron chi connectivity index (χ1n) is 5.40. The van der Waals surface area contributed by atoms with Gasteiger partial charge in [-0.25, -0.2) is 17.6 Å². The number of hydrogen-bond donors (Lipinski definition) is 2. The van der Waals surface area contributed by atoms with Crippen LogP contribution in [0.1, 0.15) is 5.56 Å². The third-order valence-corrected chi connectivity index (χ3v) is 2.74. The molecular weight excluding hydrogens is 292 g/mol. The Morgan fingerprint density at radius 1 is 0.900 bits per heavy atom. The van der Waals surface area contributed by atoms with E-state index < -0.39 is 23.3 Å². The molecule has 0 heterocycles. The number of thiocarbonyl (C=S) groups is 1. The van der Waals surface area contributed by atoms with Gasteiger partial charge in [-0.3, -0.25) is 0 Å². The fourth-order valence-corrected chi connectivity index (χ4v) is 1.85. The Hall–Kier alpha value is -2.15. The normalized spacial score (nSPS) is 10.4. The van der Waals surface area contributed by atoms with Crippen molar-refractivity contribution in [2.75, 3.05) is 5.32 Å². The molecule has 0 amide bonds. The molecule has 2 aromatic rings. The highest BCUT2D eigenvalue weighted by molar-refractivity contribution is 7.80. The van der Waals surface area contributed by atoms with Gasteiger partial charge in [-0.2, -0.15) is 0 Å². The van der Waals surface area contributed by atoms with Crippen LogP contribution in [0, 0.1) is 23.3 Å². The Morgan fingerprint density at radius 3 is 2.20 bits per heavy atom. The van der Waals surface area contributed by atoms with E-state index in [0.717, 1.165) is 6.07 Å². The average Bonchev–Trinajstić information content (AvgIpc) is 2.35. The molecule has 20 heavy (non-hydrogen) atoms. The smallest absolute Gasteiger partial charge is 0.161 e.